The molecule has 0 unspecified atom stereocenters. The van der Waals surface area contributed by atoms with Crippen LogP contribution < -0.4 is 10.6 Å². The average Bonchev–Trinajstić information content (AvgIpc) is 3.01. The Morgan fingerprint density at radius 1 is 1.12 bits per heavy atom. The number of rotatable bonds is 6. The van der Waals surface area contributed by atoms with E-state index in [2.05, 4.69) is 22.3 Å². The Balaban J connectivity index is 1.98. The molecule has 1 aromatic carbocycles. The van der Waals surface area contributed by atoms with Crippen LogP contribution in [0.4, 0.5) is 5.69 Å². The first-order chi connectivity index (χ1) is 11.9. The number of benzene rings is 1. The van der Waals surface area contributed by atoms with Crippen LogP contribution in [0.1, 0.15) is 37.4 Å². The van der Waals surface area contributed by atoms with E-state index in [0.717, 1.165) is 12.0 Å². The molecule has 0 radical (unpaired) electrons. The molecule has 0 spiro atoms. The standard InChI is InChI=1S/C18H20N2O4S/c1-4-14-11(2)9-15(25-14)18(23)20-13-7-5-12(6-8-13)17(22)19-10-16(21)24-3/h5-9H,4,10H2,1-3H3,(H,19,22)(H,20,23). The minimum atomic E-state index is -0.519. The first-order valence-corrected chi connectivity index (χ1v) is 8.62. The van der Waals surface area contributed by atoms with Gasteiger partial charge in [-0.25, -0.2) is 0 Å². The second-order valence-corrected chi connectivity index (χ2v) is 6.50. The minimum Gasteiger partial charge on any atom is -0.468 e. The third-order valence-electron chi connectivity index (χ3n) is 3.59. The van der Waals surface area contributed by atoms with Gasteiger partial charge in [-0.3, -0.25) is 14.4 Å². The van der Waals surface area contributed by atoms with Gasteiger partial charge in [0.15, 0.2) is 0 Å². The second-order valence-electron chi connectivity index (χ2n) is 5.36. The molecule has 0 fully saturated rings. The number of thiophene rings is 1. The van der Waals surface area contributed by atoms with Crippen molar-refractivity contribution < 1.29 is 19.1 Å². The Morgan fingerprint density at radius 3 is 2.36 bits per heavy atom. The number of esters is 1. The lowest BCUT2D eigenvalue weighted by atomic mass is 10.2. The quantitative estimate of drug-likeness (QED) is 0.776. The maximum absolute atomic E-state index is 12.3. The molecule has 0 saturated heterocycles. The fourth-order valence-electron chi connectivity index (χ4n) is 2.21. The zero-order chi connectivity index (χ0) is 18.4. The number of anilines is 1. The molecule has 2 N–H and O–H groups in total. The van der Waals surface area contributed by atoms with E-state index in [1.165, 1.54) is 23.3 Å². The third-order valence-corrected chi connectivity index (χ3v) is 4.97. The number of amides is 2. The molecule has 0 aliphatic carbocycles. The largest absolute Gasteiger partial charge is 0.468 e. The normalized spacial score (nSPS) is 10.2. The summed E-state index contributed by atoms with van der Waals surface area (Å²) in [7, 11) is 1.25. The third kappa shape index (κ3) is 4.90. The summed E-state index contributed by atoms with van der Waals surface area (Å²) in [5, 5.41) is 5.27. The molecule has 2 amide bonds. The number of ether oxygens (including phenoxy) is 1. The van der Waals surface area contributed by atoms with Gasteiger partial charge in [-0.15, -0.1) is 11.3 Å². The van der Waals surface area contributed by atoms with Crippen LogP contribution in [0.25, 0.3) is 0 Å². The van der Waals surface area contributed by atoms with Crippen molar-refractivity contribution in [3.63, 3.8) is 0 Å². The highest BCUT2D eigenvalue weighted by molar-refractivity contribution is 7.14. The Hall–Kier alpha value is -2.67. The van der Waals surface area contributed by atoms with Gasteiger partial charge >= 0.3 is 5.97 Å². The molecule has 2 rings (SSSR count). The fourth-order valence-corrected chi connectivity index (χ4v) is 3.22. The maximum atomic E-state index is 12.3. The van der Waals surface area contributed by atoms with Crippen molar-refractivity contribution in [2.45, 2.75) is 20.3 Å². The van der Waals surface area contributed by atoms with Gasteiger partial charge in [0, 0.05) is 16.1 Å². The highest BCUT2D eigenvalue weighted by atomic mass is 32.1. The fraction of sp³-hybridized carbons (Fsp3) is 0.278. The number of aryl methyl sites for hydroxylation is 2. The number of carbonyl (C=O) groups excluding carboxylic acids is 3. The topological polar surface area (TPSA) is 84.5 Å². The average molecular weight is 360 g/mol. The van der Waals surface area contributed by atoms with Crippen LogP contribution in [0.15, 0.2) is 30.3 Å². The van der Waals surface area contributed by atoms with Crippen molar-refractivity contribution in [3.05, 3.63) is 51.2 Å². The monoisotopic (exact) mass is 360 g/mol. The van der Waals surface area contributed by atoms with Crippen molar-refractivity contribution in [1.29, 1.82) is 0 Å². The number of nitrogens with one attached hydrogen (secondary N) is 2. The van der Waals surface area contributed by atoms with Crippen molar-refractivity contribution in [2.24, 2.45) is 0 Å². The Bertz CT molecular complexity index is 781. The van der Waals surface area contributed by atoms with Gasteiger partial charge in [0.25, 0.3) is 11.8 Å². The lowest BCUT2D eigenvalue weighted by molar-refractivity contribution is -0.139. The summed E-state index contributed by atoms with van der Waals surface area (Å²) in [5.74, 6) is -1.07. The van der Waals surface area contributed by atoms with Crippen molar-refractivity contribution in [1.82, 2.24) is 5.32 Å². The highest BCUT2D eigenvalue weighted by Crippen LogP contribution is 2.23. The molecule has 1 aromatic heterocycles. The summed E-state index contributed by atoms with van der Waals surface area (Å²) in [5.41, 5.74) is 2.11. The molecule has 0 aliphatic rings. The maximum Gasteiger partial charge on any atom is 0.325 e. The summed E-state index contributed by atoms with van der Waals surface area (Å²) in [6.45, 7) is 3.86. The molecule has 0 bridgehead atoms. The zero-order valence-electron chi connectivity index (χ0n) is 14.3. The van der Waals surface area contributed by atoms with Crippen molar-refractivity contribution in [2.75, 3.05) is 19.0 Å². The van der Waals surface area contributed by atoms with Gasteiger partial charge in [-0.1, -0.05) is 6.92 Å². The number of hydrogen-bond acceptors (Lipinski definition) is 5. The summed E-state index contributed by atoms with van der Waals surface area (Å²) in [6, 6.07) is 8.34. The molecule has 132 valence electrons. The number of carbonyl (C=O) groups is 3. The van der Waals surface area contributed by atoms with E-state index in [9.17, 15) is 14.4 Å². The second kappa shape index (κ2) is 8.43. The molecule has 0 saturated carbocycles. The summed E-state index contributed by atoms with van der Waals surface area (Å²) in [4.78, 5) is 37.1. The molecule has 2 aromatic rings. The van der Waals surface area contributed by atoms with Crippen LogP contribution >= 0.6 is 11.3 Å². The SMILES string of the molecule is CCc1sc(C(=O)Nc2ccc(C(=O)NCC(=O)OC)cc2)cc1C. The molecule has 0 aliphatic heterocycles. The van der Waals surface area contributed by atoms with E-state index in [-0.39, 0.29) is 18.4 Å². The lowest BCUT2D eigenvalue weighted by Gasteiger charge is -2.06. The van der Waals surface area contributed by atoms with Crippen LogP contribution in [0.2, 0.25) is 0 Å². The van der Waals surface area contributed by atoms with E-state index >= 15 is 0 Å². The van der Waals surface area contributed by atoms with Crippen LogP contribution in [-0.4, -0.2) is 31.4 Å². The lowest BCUT2D eigenvalue weighted by Crippen LogP contribution is -2.30. The Labute approximate surface area is 150 Å². The summed E-state index contributed by atoms with van der Waals surface area (Å²) < 4.78 is 4.46. The van der Waals surface area contributed by atoms with E-state index in [1.807, 2.05) is 13.0 Å². The van der Waals surface area contributed by atoms with Gasteiger partial charge in [-0.2, -0.15) is 0 Å². The number of methoxy groups -OCH3 is 1. The summed E-state index contributed by atoms with van der Waals surface area (Å²) >= 11 is 1.49. The summed E-state index contributed by atoms with van der Waals surface area (Å²) in [6.07, 6.45) is 0.902. The van der Waals surface area contributed by atoms with Crippen LogP contribution in [0, 0.1) is 6.92 Å². The minimum absolute atomic E-state index is 0.171. The van der Waals surface area contributed by atoms with Crippen molar-refractivity contribution >= 4 is 34.8 Å². The van der Waals surface area contributed by atoms with Crippen LogP contribution in [0.5, 0.6) is 0 Å². The van der Waals surface area contributed by atoms with Gasteiger partial charge in [0.2, 0.25) is 0 Å². The molecule has 25 heavy (non-hydrogen) atoms. The first kappa shape index (κ1) is 18.7. The van der Waals surface area contributed by atoms with E-state index in [4.69, 9.17) is 0 Å². The van der Waals surface area contributed by atoms with Gasteiger partial charge in [0.1, 0.15) is 6.54 Å². The van der Waals surface area contributed by atoms with Gasteiger partial charge in [0.05, 0.1) is 12.0 Å². The van der Waals surface area contributed by atoms with E-state index in [0.29, 0.717) is 16.1 Å². The van der Waals surface area contributed by atoms with Crippen molar-refractivity contribution in [3.8, 4) is 0 Å². The molecule has 7 heteroatoms. The van der Waals surface area contributed by atoms with Gasteiger partial charge < -0.3 is 15.4 Å². The molecule has 6 nitrogen and oxygen atoms in total. The first-order valence-electron chi connectivity index (χ1n) is 7.80. The predicted molar refractivity (Wildman–Crippen MR) is 97.2 cm³/mol. The molecular weight excluding hydrogens is 340 g/mol. The molecule has 0 atom stereocenters. The number of hydrogen-bond donors (Lipinski definition) is 2. The molecular formula is C18H20N2O4S. The Kier molecular flexibility index (Phi) is 6.30. The van der Waals surface area contributed by atoms with Gasteiger partial charge in [-0.05, 0) is 49.2 Å². The predicted octanol–water partition coefficient (Wildman–Crippen LogP) is 2.77. The molecule has 1 heterocycles. The Morgan fingerprint density at radius 2 is 1.80 bits per heavy atom. The van der Waals surface area contributed by atoms with Crippen LogP contribution in [0.3, 0.4) is 0 Å². The zero-order valence-corrected chi connectivity index (χ0v) is 15.2. The highest BCUT2D eigenvalue weighted by Gasteiger charge is 2.13. The van der Waals surface area contributed by atoms with Crippen LogP contribution in [-0.2, 0) is 16.0 Å². The smallest absolute Gasteiger partial charge is 0.325 e. The van der Waals surface area contributed by atoms with E-state index < -0.39 is 5.97 Å². The van der Waals surface area contributed by atoms with E-state index in [1.54, 1.807) is 24.3 Å².